The summed E-state index contributed by atoms with van der Waals surface area (Å²) >= 11 is 5.04. The van der Waals surface area contributed by atoms with Crippen LogP contribution in [0.3, 0.4) is 0 Å². The molecule has 23 heavy (non-hydrogen) atoms. The molecule has 2 aromatic rings. The smallest absolute Gasteiger partial charge is 0.232 e. The molecule has 6 nitrogen and oxygen atoms in total. The second-order valence-electron chi connectivity index (χ2n) is 5.48. The van der Waals surface area contributed by atoms with Crippen LogP contribution in [-0.2, 0) is 16.0 Å². The highest BCUT2D eigenvalue weighted by Crippen LogP contribution is 2.22. The Bertz CT molecular complexity index is 663. The molecule has 2 atom stereocenters. The van der Waals surface area contributed by atoms with E-state index in [9.17, 15) is 9.35 Å². The fourth-order valence-electron chi connectivity index (χ4n) is 1.83. The molecule has 2 heterocycles. The fraction of sp³-hybridized carbons (Fsp3) is 0.400. The Morgan fingerprint density at radius 3 is 2.83 bits per heavy atom. The van der Waals surface area contributed by atoms with Crippen molar-refractivity contribution in [1.29, 1.82) is 0 Å². The zero-order chi connectivity index (χ0) is 17.0. The van der Waals surface area contributed by atoms with Crippen molar-refractivity contribution in [3.63, 3.8) is 0 Å². The number of halogens is 1. The Labute approximate surface area is 143 Å². The average Bonchev–Trinajstić information content (AvgIpc) is 2.89. The summed E-state index contributed by atoms with van der Waals surface area (Å²) in [4.78, 5) is 16.2. The zero-order valence-electron chi connectivity index (χ0n) is 13.2. The summed E-state index contributed by atoms with van der Waals surface area (Å²) in [5.74, 6) is -0.291. The molecular weight excluding hydrogens is 336 g/mol. The number of hydrogen-bond acceptors (Lipinski definition) is 4. The number of nitrogens with one attached hydrogen (secondary N) is 1. The molecule has 0 spiro atoms. The standard InChI is InChI=1S/C15H19ClN4O2S/c1-10(2)23(22)9-11(3)15(21)18-13-8-20(19-14(13)16)12-5-4-6-17-7-12/h4-8,10-11H,9H2,1-3H3,(H,18,21). The van der Waals surface area contributed by atoms with E-state index in [-0.39, 0.29) is 22.2 Å². The van der Waals surface area contributed by atoms with Gasteiger partial charge in [-0.2, -0.15) is 5.10 Å². The lowest BCUT2D eigenvalue weighted by atomic mass is 10.2. The fourth-order valence-corrected chi connectivity index (χ4v) is 3.04. The van der Waals surface area contributed by atoms with E-state index in [0.29, 0.717) is 11.4 Å². The lowest BCUT2D eigenvalue weighted by molar-refractivity contribution is -0.118. The van der Waals surface area contributed by atoms with Crippen molar-refractivity contribution in [3.8, 4) is 5.69 Å². The number of carbonyl (C=O) groups is 1. The van der Waals surface area contributed by atoms with Crippen LogP contribution in [0.25, 0.3) is 5.69 Å². The van der Waals surface area contributed by atoms with Crippen molar-refractivity contribution in [3.05, 3.63) is 35.9 Å². The summed E-state index contributed by atoms with van der Waals surface area (Å²) in [6, 6.07) is 3.61. The van der Waals surface area contributed by atoms with Gasteiger partial charge in [-0.05, 0) is 32.9 Å². The molecule has 0 radical (unpaired) electrons. The number of amides is 1. The molecule has 2 rings (SSSR count). The van der Waals surface area contributed by atoms with Crippen LogP contribution in [-0.4, -0.2) is 36.2 Å². The van der Waals surface area contributed by atoms with E-state index in [1.165, 1.54) is 0 Å². The third-order valence-electron chi connectivity index (χ3n) is 3.23. The van der Waals surface area contributed by atoms with Gasteiger partial charge in [0.2, 0.25) is 5.91 Å². The average molecular weight is 355 g/mol. The molecular formula is C15H19ClN4O2S. The normalized spacial score (nSPS) is 13.8. The van der Waals surface area contributed by atoms with Gasteiger partial charge in [0.1, 0.15) is 11.0 Å². The number of aromatic nitrogens is 3. The highest BCUT2D eigenvalue weighted by atomic mass is 35.5. The Balaban J connectivity index is 2.06. The number of anilines is 1. The van der Waals surface area contributed by atoms with Crippen LogP contribution in [0.15, 0.2) is 30.7 Å². The van der Waals surface area contributed by atoms with E-state index in [4.69, 9.17) is 11.6 Å². The topological polar surface area (TPSA) is 82.9 Å². The van der Waals surface area contributed by atoms with Crippen molar-refractivity contribution in [1.82, 2.24) is 14.8 Å². The number of pyridine rings is 1. The Morgan fingerprint density at radius 1 is 1.48 bits per heavy atom. The molecule has 0 aliphatic rings. The van der Waals surface area contributed by atoms with Gasteiger partial charge in [-0.1, -0.05) is 22.8 Å². The van der Waals surface area contributed by atoms with E-state index in [1.54, 1.807) is 36.3 Å². The molecule has 0 saturated carbocycles. The maximum Gasteiger partial charge on any atom is 0.232 e. The molecule has 2 unspecified atom stereocenters. The van der Waals surface area contributed by atoms with Gasteiger partial charge in [0, 0.05) is 6.20 Å². The zero-order valence-corrected chi connectivity index (χ0v) is 14.8. The van der Waals surface area contributed by atoms with E-state index in [1.807, 2.05) is 19.9 Å². The van der Waals surface area contributed by atoms with Gasteiger partial charge in [0.25, 0.3) is 0 Å². The van der Waals surface area contributed by atoms with Gasteiger partial charge in [-0.25, -0.2) is 4.68 Å². The summed E-state index contributed by atoms with van der Waals surface area (Å²) in [5, 5.41) is 7.11. The molecule has 0 aliphatic heterocycles. The quantitative estimate of drug-likeness (QED) is 0.808. The molecule has 0 aromatic carbocycles. The van der Waals surface area contributed by atoms with Crippen molar-refractivity contribution in [2.24, 2.45) is 5.92 Å². The number of nitrogens with zero attached hydrogens (tertiary/aromatic N) is 3. The van der Waals surface area contributed by atoms with Crippen LogP contribution >= 0.6 is 11.6 Å². The van der Waals surface area contributed by atoms with Gasteiger partial charge in [0.15, 0.2) is 5.15 Å². The molecule has 124 valence electrons. The number of rotatable bonds is 6. The largest absolute Gasteiger partial charge is 0.616 e. The maximum atomic E-state index is 12.2. The second kappa shape index (κ2) is 7.81. The van der Waals surface area contributed by atoms with Crippen molar-refractivity contribution < 1.29 is 9.35 Å². The highest BCUT2D eigenvalue weighted by Gasteiger charge is 2.23. The van der Waals surface area contributed by atoms with Crippen LogP contribution < -0.4 is 5.32 Å². The van der Waals surface area contributed by atoms with E-state index < -0.39 is 11.2 Å². The van der Waals surface area contributed by atoms with Crippen LogP contribution in [0.1, 0.15) is 20.8 Å². The van der Waals surface area contributed by atoms with Crippen LogP contribution in [0.4, 0.5) is 5.69 Å². The number of hydrogen-bond donors (Lipinski definition) is 1. The Morgan fingerprint density at radius 2 is 2.22 bits per heavy atom. The summed E-state index contributed by atoms with van der Waals surface area (Å²) in [5.41, 5.74) is 1.16. The van der Waals surface area contributed by atoms with Gasteiger partial charge >= 0.3 is 0 Å². The summed E-state index contributed by atoms with van der Waals surface area (Å²) in [6.07, 6.45) is 4.93. The van der Waals surface area contributed by atoms with Crippen molar-refractivity contribution in [2.45, 2.75) is 26.0 Å². The molecule has 2 aromatic heterocycles. The second-order valence-corrected chi connectivity index (χ2v) is 7.87. The SMILES string of the molecule is CC(C[S+]([O-])C(C)C)C(=O)Nc1cn(-c2cccnc2)nc1Cl. The van der Waals surface area contributed by atoms with Crippen molar-refractivity contribution in [2.75, 3.05) is 11.1 Å². The minimum Gasteiger partial charge on any atom is -0.616 e. The minimum absolute atomic E-state index is 0.0298. The molecule has 8 heteroatoms. The molecule has 1 amide bonds. The molecule has 1 N–H and O–H groups in total. The number of carbonyl (C=O) groups excluding carboxylic acids is 1. The van der Waals surface area contributed by atoms with Gasteiger partial charge in [-0.3, -0.25) is 9.78 Å². The third-order valence-corrected chi connectivity index (χ3v) is 5.38. The summed E-state index contributed by atoms with van der Waals surface area (Å²) in [7, 11) is 0. The van der Waals surface area contributed by atoms with Crippen LogP contribution in [0.2, 0.25) is 5.15 Å². The Kier molecular flexibility index (Phi) is 6.04. The predicted octanol–water partition coefficient (Wildman–Crippen LogP) is 2.65. The lowest BCUT2D eigenvalue weighted by Crippen LogP contribution is -2.30. The maximum absolute atomic E-state index is 12.2. The first-order valence-corrected chi connectivity index (χ1v) is 8.98. The van der Waals surface area contributed by atoms with E-state index in [2.05, 4.69) is 15.4 Å². The first kappa shape index (κ1) is 17.8. The van der Waals surface area contributed by atoms with Crippen LogP contribution in [0.5, 0.6) is 0 Å². The molecule has 0 fully saturated rings. The minimum atomic E-state index is -1.03. The van der Waals surface area contributed by atoms with Gasteiger partial charge < -0.3 is 9.87 Å². The summed E-state index contributed by atoms with van der Waals surface area (Å²) in [6.45, 7) is 5.49. The molecule has 0 saturated heterocycles. The van der Waals surface area contributed by atoms with Gasteiger partial charge in [0.05, 0.1) is 29.7 Å². The first-order chi connectivity index (χ1) is 10.9. The van der Waals surface area contributed by atoms with E-state index >= 15 is 0 Å². The first-order valence-electron chi connectivity index (χ1n) is 7.22. The lowest BCUT2D eigenvalue weighted by Gasteiger charge is -2.18. The molecule has 0 bridgehead atoms. The third kappa shape index (κ3) is 4.70. The summed E-state index contributed by atoms with van der Waals surface area (Å²) < 4.78 is 13.4. The van der Waals surface area contributed by atoms with Crippen molar-refractivity contribution >= 4 is 34.4 Å². The monoisotopic (exact) mass is 354 g/mol. The molecule has 0 aliphatic carbocycles. The van der Waals surface area contributed by atoms with E-state index in [0.717, 1.165) is 5.69 Å². The Hall–Kier alpha value is -1.57. The van der Waals surface area contributed by atoms with Crippen LogP contribution in [0, 0.1) is 5.92 Å². The predicted molar refractivity (Wildman–Crippen MR) is 92.3 cm³/mol. The van der Waals surface area contributed by atoms with Gasteiger partial charge in [-0.15, -0.1) is 0 Å². The highest BCUT2D eigenvalue weighted by molar-refractivity contribution is 7.92.